The maximum atomic E-state index is 12.6. The Morgan fingerprint density at radius 1 is 1.48 bits per heavy atom. The summed E-state index contributed by atoms with van der Waals surface area (Å²) in [5.41, 5.74) is 0.954. The SMILES string of the molecule is CC[C@H](C)[C@H]1CCCCN1C(=O)CCn1c(C)csc1=O. The molecule has 4 nitrogen and oxygen atoms in total. The molecular formula is C16H26N2O2S. The molecule has 2 rings (SSSR count). The van der Waals surface area contributed by atoms with Crippen LogP contribution >= 0.6 is 11.3 Å². The predicted octanol–water partition coefficient (Wildman–Crippen LogP) is 3.04. The molecule has 0 saturated carbocycles. The molecule has 5 heteroatoms. The summed E-state index contributed by atoms with van der Waals surface area (Å²) in [6.07, 6.45) is 5.00. The molecular weight excluding hydrogens is 284 g/mol. The highest BCUT2D eigenvalue weighted by Gasteiger charge is 2.29. The maximum Gasteiger partial charge on any atom is 0.307 e. The molecule has 0 radical (unpaired) electrons. The number of carbonyl (C=O) groups is 1. The van der Waals surface area contributed by atoms with Crippen LogP contribution in [-0.4, -0.2) is 28.0 Å². The molecule has 21 heavy (non-hydrogen) atoms. The molecule has 1 saturated heterocycles. The van der Waals surface area contributed by atoms with E-state index in [2.05, 4.69) is 18.7 Å². The normalized spacial score (nSPS) is 20.5. The quantitative estimate of drug-likeness (QED) is 0.839. The predicted molar refractivity (Wildman–Crippen MR) is 86.7 cm³/mol. The van der Waals surface area contributed by atoms with E-state index in [4.69, 9.17) is 0 Å². The summed E-state index contributed by atoms with van der Waals surface area (Å²) in [7, 11) is 0. The van der Waals surface area contributed by atoms with E-state index < -0.39 is 0 Å². The molecule has 1 aromatic rings. The highest BCUT2D eigenvalue weighted by molar-refractivity contribution is 7.07. The third-order valence-corrected chi connectivity index (χ3v) is 5.58. The number of rotatable bonds is 5. The fraction of sp³-hybridized carbons (Fsp3) is 0.750. The van der Waals surface area contributed by atoms with Crippen LogP contribution in [0.3, 0.4) is 0 Å². The zero-order chi connectivity index (χ0) is 15.4. The molecule has 1 amide bonds. The molecule has 1 fully saturated rings. The monoisotopic (exact) mass is 310 g/mol. The zero-order valence-corrected chi connectivity index (χ0v) is 14.1. The smallest absolute Gasteiger partial charge is 0.307 e. The van der Waals surface area contributed by atoms with Gasteiger partial charge in [0.05, 0.1) is 0 Å². The van der Waals surface area contributed by atoms with Gasteiger partial charge in [0.25, 0.3) is 0 Å². The zero-order valence-electron chi connectivity index (χ0n) is 13.3. The number of likely N-dealkylation sites (tertiary alicyclic amines) is 1. The molecule has 2 heterocycles. The Hall–Kier alpha value is -1.10. The van der Waals surface area contributed by atoms with E-state index in [1.54, 1.807) is 4.57 Å². The Kier molecular flexibility index (Phi) is 5.62. The van der Waals surface area contributed by atoms with E-state index in [1.807, 2.05) is 12.3 Å². The van der Waals surface area contributed by atoms with Crippen LogP contribution in [0.4, 0.5) is 0 Å². The number of aromatic nitrogens is 1. The highest BCUT2D eigenvalue weighted by atomic mass is 32.1. The number of thiazole rings is 1. The maximum absolute atomic E-state index is 12.6. The summed E-state index contributed by atoms with van der Waals surface area (Å²) in [6, 6.07) is 0.386. The van der Waals surface area contributed by atoms with Gasteiger partial charge >= 0.3 is 4.87 Å². The van der Waals surface area contributed by atoms with Gasteiger partial charge in [-0.25, -0.2) is 0 Å². The minimum Gasteiger partial charge on any atom is -0.339 e. The molecule has 0 aliphatic carbocycles. The topological polar surface area (TPSA) is 42.3 Å². The lowest BCUT2D eigenvalue weighted by Crippen LogP contribution is -2.47. The lowest BCUT2D eigenvalue weighted by Gasteiger charge is -2.39. The first-order chi connectivity index (χ1) is 10.0. The summed E-state index contributed by atoms with van der Waals surface area (Å²) in [5, 5.41) is 1.86. The molecule has 1 aromatic heterocycles. The second kappa shape index (κ2) is 7.25. The van der Waals surface area contributed by atoms with E-state index in [0.717, 1.165) is 31.5 Å². The number of carbonyl (C=O) groups excluding carboxylic acids is 1. The molecule has 0 N–H and O–H groups in total. The van der Waals surface area contributed by atoms with Crippen molar-refractivity contribution in [1.82, 2.24) is 9.47 Å². The fourth-order valence-electron chi connectivity index (χ4n) is 3.16. The van der Waals surface area contributed by atoms with Gasteiger partial charge in [0.2, 0.25) is 5.91 Å². The van der Waals surface area contributed by atoms with E-state index in [9.17, 15) is 9.59 Å². The number of hydrogen-bond acceptors (Lipinski definition) is 3. The molecule has 1 aliphatic rings. The Balaban J connectivity index is 1.99. The minimum atomic E-state index is 0.0393. The van der Waals surface area contributed by atoms with Crippen molar-refractivity contribution in [3.8, 4) is 0 Å². The van der Waals surface area contributed by atoms with Gasteiger partial charge in [-0.1, -0.05) is 31.6 Å². The van der Waals surface area contributed by atoms with Gasteiger partial charge in [-0.05, 0) is 32.1 Å². The molecule has 0 unspecified atom stereocenters. The van der Waals surface area contributed by atoms with Crippen molar-refractivity contribution < 1.29 is 4.79 Å². The van der Waals surface area contributed by atoms with Crippen LogP contribution in [0.2, 0.25) is 0 Å². The number of piperidine rings is 1. The standard InChI is InChI=1S/C16H26N2O2S/c1-4-12(2)14-7-5-6-9-18(14)15(19)8-10-17-13(3)11-21-16(17)20/h11-12,14H,4-10H2,1-3H3/t12-,14+/m0/s1. The van der Waals surface area contributed by atoms with E-state index in [-0.39, 0.29) is 10.8 Å². The Bertz CT molecular complexity index is 535. The van der Waals surface area contributed by atoms with Gasteiger partial charge in [0.1, 0.15) is 0 Å². The number of nitrogens with zero attached hydrogens (tertiary/aromatic N) is 2. The summed E-state index contributed by atoms with van der Waals surface area (Å²) in [4.78, 5) is 26.4. The van der Waals surface area contributed by atoms with E-state index >= 15 is 0 Å². The van der Waals surface area contributed by atoms with Crippen LogP contribution in [0.1, 0.15) is 51.6 Å². The number of hydrogen-bond donors (Lipinski definition) is 0. The summed E-state index contributed by atoms with van der Waals surface area (Å²) < 4.78 is 1.71. The van der Waals surface area contributed by atoms with Crippen LogP contribution in [0.5, 0.6) is 0 Å². The van der Waals surface area contributed by atoms with Crippen molar-refractivity contribution >= 4 is 17.2 Å². The van der Waals surface area contributed by atoms with Crippen LogP contribution in [0.15, 0.2) is 10.2 Å². The average Bonchev–Trinajstić information content (AvgIpc) is 2.82. The second-order valence-corrected chi connectivity index (χ2v) is 6.90. The Labute approximate surface area is 130 Å². The first-order valence-electron chi connectivity index (χ1n) is 7.99. The Morgan fingerprint density at radius 3 is 2.86 bits per heavy atom. The lowest BCUT2D eigenvalue weighted by atomic mass is 9.89. The molecule has 0 bridgehead atoms. The van der Waals surface area contributed by atoms with Crippen LogP contribution in [-0.2, 0) is 11.3 Å². The number of amides is 1. The summed E-state index contributed by atoms with van der Waals surface area (Å²) in [6.45, 7) is 7.74. The van der Waals surface area contributed by atoms with Crippen molar-refractivity contribution in [2.45, 2.75) is 65.5 Å². The minimum absolute atomic E-state index is 0.0393. The molecule has 118 valence electrons. The Morgan fingerprint density at radius 2 is 2.24 bits per heavy atom. The van der Waals surface area contributed by atoms with Gasteiger partial charge in [0, 0.05) is 36.6 Å². The van der Waals surface area contributed by atoms with Crippen molar-refractivity contribution in [3.05, 3.63) is 20.7 Å². The second-order valence-electron chi connectivity index (χ2n) is 6.08. The lowest BCUT2D eigenvalue weighted by molar-refractivity contribution is -0.136. The van der Waals surface area contributed by atoms with Crippen LogP contribution in [0, 0.1) is 12.8 Å². The van der Waals surface area contributed by atoms with Crippen molar-refractivity contribution in [2.24, 2.45) is 5.92 Å². The van der Waals surface area contributed by atoms with E-state index in [1.165, 1.54) is 17.8 Å². The van der Waals surface area contributed by atoms with Crippen molar-refractivity contribution in [2.75, 3.05) is 6.54 Å². The summed E-state index contributed by atoms with van der Waals surface area (Å²) in [5.74, 6) is 0.761. The molecule has 2 atom stereocenters. The number of aryl methyl sites for hydroxylation is 1. The summed E-state index contributed by atoms with van der Waals surface area (Å²) >= 11 is 1.21. The molecule has 0 aromatic carbocycles. The third kappa shape index (κ3) is 3.76. The van der Waals surface area contributed by atoms with Crippen LogP contribution in [0.25, 0.3) is 0 Å². The van der Waals surface area contributed by atoms with Gasteiger partial charge in [-0.3, -0.25) is 9.59 Å². The van der Waals surface area contributed by atoms with Crippen molar-refractivity contribution in [1.29, 1.82) is 0 Å². The van der Waals surface area contributed by atoms with Gasteiger partial charge in [-0.15, -0.1) is 0 Å². The van der Waals surface area contributed by atoms with Gasteiger partial charge in [0.15, 0.2) is 0 Å². The molecule has 0 spiro atoms. The van der Waals surface area contributed by atoms with Crippen LogP contribution < -0.4 is 4.87 Å². The largest absolute Gasteiger partial charge is 0.339 e. The van der Waals surface area contributed by atoms with E-state index in [0.29, 0.717) is 24.9 Å². The average molecular weight is 310 g/mol. The fourth-order valence-corrected chi connectivity index (χ4v) is 3.92. The van der Waals surface area contributed by atoms with Gasteiger partial charge < -0.3 is 9.47 Å². The molecule has 1 aliphatic heterocycles. The highest BCUT2D eigenvalue weighted by Crippen LogP contribution is 2.25. The van der Waals surface area contributed by atoms with Gasteiger partial charge in [-0.2, -0.15) is 0 Å². The van der Waals surface area contributed by atoms with Crippen molar-refractivity contribution in [3.63, 3.8) is 0 Å². The first-order valence-corrected chi connectivity index (χ1v) is 8.87. The third-order valence-electron chi connectivity index (χ3n) is 4.70. The first kappa shape index (κ1) is 16.3.